The van der Waals surface area contributed by atoms with E-state index in [1.807, 2.05) is 34.6 Å². The molecule has 0 aliphatic rings. The van der Waals surface area contributed by atoms with Crippen molar-refractivity contribution in [3.05, 3.63) is 23.9 Å². The van der Waals surface area contributed by atoms with E-state index in [-0.39, 0.29) is 11.8 Å². The van der Waals surface area contributed by atoms with E-state index in [0.29, 0.717) is 6.42 Å². The fourth-order valence-electron chi connectivity index (χ4n) is 1.32. The maximum atomic E-state index is 11.6. The molecule has 17 heavy (non-hydrogen) atoms. The number of carbonyl (C=O) groups is 1. The molecule has 0 unspecified atom stereocenters. The number of rotatable bonds is 5. The Morgan fingerprint density at radius 2 is 1.94 bits per heavy atom. The lowest BCUT2D eigenvalue weighted by Crippen LogP contribution is -2.21. The topological polar surface area (TPSA) is 41.5 Å². The highest BCUT2D eigenvalue weighted by Gasteiger charge is 2.14. The lowest BCUT2D eigenvalue weighted by molar-refractivity contribution is -0.117. The van der Waals surface area contributed by atoms with Crippen LogP contribution in [0.5, 0.6) is 0 Å². The zero-order chi connectivity index (χ0) is 13.8. The van der Waals surface area contributed by atoms with Crippen LogP contribution in [0.4, 0.5) is 0 Å². The second-order valence-corrected chi connectivity index (χ2v) is 3.47. The van der Waals surface area contributed by atoms with Crippen molar-refractivity contribution >= 4 is 12.1 Å². The monoisotopic (exact) mass is 238 g/mol. The van der Waals surface area contributed by atoms with Gasteiger partial charge in [-0.25, -0.2) is 0 Å². The zero-order valence-electron chi connectivity index (χ0n) is 12.0. The average Bonchev–Trinajstić information content (AvgIpc) is 2.35. The number of nitrogens with one attached hydrogen (secondary N) is 1. The van der Waals surface area contributed by atoms with Gasteiger partial charge < -0.3 is 5.32 Å². The van der Waals surface area contributed by atoms with Crippen LogP contribution in [0.3, 0.4) is 0 Å². The summed E-state index contributed by atoms with van der Waals surface area (Å²) >= 11 is 0. The van der Waals surface area contributed by atoms with E-state index < -0.39 is 0 Å². The first kappa shape index (κ1) is 18.0. The predicted molar refractivity (Wildman–Crippen MR) is 76.3 cm³/mol. The molecule has 0 aromatic heterocycles. The van der Waals surface area contributed by atoms with Gasteiger partial charge in [0.1, 0.15) is 0 Å². The van der Waals surface area contributed by atoms with Crippen LogP contribution >= 0.6 is 0 Å². The molecule has 3 heteroatoms. The van der Waals surface area contributed by atoms with Crippen molar-refractivity contribution in [1.82, 2.24) is 5.32 Å². The summed E-state index contributed by atoms with van der Waals surface area (Å²) in [5, 5.41) is 2.63. The molecule has 98 valence electrons. The molecule has 0 spiro atoms. The summed E-state index contributed by atoms with van der Waals surface area (Å²) in [5.41, 5.74) is 1.57. The van der Waals surface area contributed by atoms with Crippen molar-refractivity contribution < 1.29 is 4.79 Å². The summed E-state index contributed by atoms with van der Waals surface area (Å²) in [7, 11) is 1.63. The first-order chi connectivity index (χ1) is 8.08. The van der Waals surface area contributed by atoms with Crippen LogP contribution in [0, 0.1) is 5.92 Å². The lowest BCUT2D eigenvalue weighted by atomic mass is 10.0. The summed E-state index contributed by atoms with van der Waals surface area (Å²) in [4.78, 5) is 15.8. The second-order valence-electron chi connectivity index (χ2n) is 3.47. The molecule has 0 saturated heterocycles. The predicted octanol–water partition coefficient (Wildman–Crippen LogP) is 3.34. The van der Waals surface area contributed by atoms with Crippen LogP contribution in [0.1, 0.15) is 41.0 Å². The molecule has 0 fully saturated rings. The molecule has 0 aromatic carbocycles. The minimum Gasteiger partial charge on any atom is -0.355 e. The molecule has 0 aliphatic carbocycles. The van der Waals surface area contributed by atoms with E-state index in [2.05, 4.69) is 16.9 Å². The zero-order valence-corrected chi connectivity index (χ0v) is 12.0. The van der Waals surface area contributed by atoms with E-state index in [1.54, 1.807) is 19.3 Å². The van der Waals surface area contributed by atoms with Crippen molar-refractivity contribution in [2.75, 3.05) is 7.05 Å². The lowest BCUT2D eigenvalue weighted by Gasteiger charge is -2.12. The fraction of sp³-hybridized carbons (Fsp3) is 0.571. The Morgan fingerprint density at radius 3 is 2.24 bits per heavy atom. The largest absolute Gasteiger partial charge is 0.355 e. The fourth-order valence-corrected chi connectivity index (χ4v) is 1.32. The van der Waals surface area contributed by atoms with E-state index in [0.717, 1.165) is 11.3 Å². The van der Waals surface area contributed by atoms with E-state index in [9.17, 15) is 4.79 Å². The SMILES string of the molecule is C=CC=N/C(=C(\CC)C(=O)NC)C(C)C.CC. The quantitative estimate of drug-likeness (QED) is 0.579. The third-order valence-electron chi connectivity index (χ3n) is 2.03. The summed E-state index contributed by atoms with van der Waals surface area (Å²) in [6.07, 6.45) is 3.91. The number of likely N-dealkylation sites (N-methyl/N-ethyl adjacent to an activating group) is 1. The highest BCUT2D eigenvalue weighted by molar-refractivity contribution is 5.94. The third-order valence-corrected chi connectivity index (χ3v) is 2.03. The maximum absolute atomic E-state index is 11.6. The Hall–Kier alpha value is -1.38. The molecule has 3 nitrogen and oxygen atoms in total. The van der Waals surface area contributed by atoms with Crippen LogP contribution < -0.4 is 5.32 Å². The first-order valence-electron chi connectivity index (χ1n) is 6.18. The Kier molecular flexibility index (Phi) is 11.8. The van der Waals surface area contributed by atoms with E-state index >= 15 is 0 Å². The number of amides is 1. The highest BCUT2D eigenvalue weighted by atomic mass is 16.1. The van der Waals surface area contributed by atoms with Gasteiger partial charge in [-0.15, -0.1) is 0 Å². The van der Waals surface area contributed by atoms with Crippen molar-refractivity contribution in [2.24, 2.45) is 10.9 Å². The smallest absolute Gasteiger partial charge is 0.248 e. The molecule has 0 rings (SSSR count). The standard InChI is InChI=1S/C12H20N2O.C2H6/c1-6-8-14-11(9(3)4)10(7-2)12(15)13-5;1-2/h6,8-9H,1,7H2,2-5H3,(H,13,15);1-2H3/b11-10+,14-8?;. The Balaban J connectivity index is 0. The number of allylic oxidation sites excluding steroid dienone is 2. The van der Waals surface area contributed by atoms with Crippen LogP contribution in [0.25, 0.3) is 0 Å². The first-order valence-corrected chi connectivity index (χ1v) is 6.18. The molecule has 0 radical (unpaired) electrons. The highest BCUT2D eigenvalue weighted by Crippen LogP contribution is 2.18. The van der Waals surface area contributed by atoms with Gasteiger partial charge in [-0.3, -0.25) is 9.79 Å². The molecule has 0 aromatic rings. The molecular weight excluding hydrogens is 212 g/mol. The van der Waals surface area contributed by atoms with Crippen LogP contribution in [0.2, 0.25) is 0 Å². The molecule has 0 heterocycles. The van der Waals surface area contributed by atoms with Crippen molar-refractivity contribution in [3.63, 3.8) is 0 Å². The normalized spacial score (nSPS) is 11.7. The van der Waals surface area contributed by atoms with Gasteiger partial charge in [0.2, 0.25) is 5.91 Å². The Morgan fingerprint density at radius 1 is 1.41 bits per heavy atom. The Labute approximate surface area is 106 Å². The number of hydrogen-bond acceptors (Lipinski definition) is 2. The summed E-state index contributed by atoms with van der Waals surface area (Å²) in [6.45, 7) is 13.6. The average molecular weight is 238 g/mol. The number of nitrogens with zero attached hydrogens (tertiary/aromatic N) is 1. The third kappa shape index (κ3) is 6.72. The van der Waals surface area contributed by atoms with Gasteiger partial charge in [-0.2, -0.15) is 0 Å². The summed E-state index contributed by atoms with van der Waals surface area (Å²) < 4.78 is 0. The van der Waals surface area contributed by atoms with Crippen LogP contribution in [-0.2, 0) is 4.79 Å². The minimum atomic E-state index is -0.0533. The summed E-state index contributed by atoms with van der Waals surface area (Å²) in [6, 6.07) is 0. The molecular formula is C14H26N2O. The van der Waals surface area contributed by atoms with E-state index in [1.165, 1.54) is 0 Å². The molecule has 1 N–H and O–H groups in total. The van der Waals surface area contributed by atoms with Gasteiger partial charge in [0.25, 0.3) is 0 Å². The molecule has 0 bridgehead atoms. The van der Waals surface area contributed by atoms with E-state index in [4.69, 9.17) is 0 Å². The number of hydrogen-bond donors (Lipinski definition) is 1. The van der Waals surface area contributed by atoms with Crippen molar-refractivity contribution in [2.45, 2.75) is 41.0 Å². The van der Waals surface area contributed by atoms with Gasteiger partial charge in [-0.1, -0.05) is 47.3 Å². The van der Waals surface area contributed by atoms with Crippen molar-refractivity contribution in [3.8, 4) is 0 Å². The number of carbonyl (C=O) groups excluding carboxylic acids is 1. The molecule has 0 aliphatic heterocycles. The van der Waals surface area contributed by atoms with Gasteiger partial charge in [0.15, 0.2) is 0 Å². The van der Waals surface area contributed by atoms with Gasteiger partial charge in [0.05, 0.1) is 5.70 Å². The maximum Gasteiger partial charge on any atom is 0.248 e. The van der Waals surface area contributed by atoms with Crippen molar-refractivity contribution in [1.29, 1.82) is 0 Å². The van der Waals surface area contributed by atoms with Gasteiger partial charge in [0, 0.05) is 18.8 Å². The molecule has 0 atom stereocenters. The van der Waals surface area contributed by atoms with Crippen LogP contribution in [-0.4, -0.2) is 19.2 Å². The molecule has 0 saturated carbocycles. The van der Waals surface area contributed by atoms with Gasteiger partial charge >= 0.3 is 0 Å². The second kappa shape index (κ2) is 11.1. The summed E-state index contributed by atoms with van der Waals surface area (Å²) in [5.74, 6) is 0.177. The minimum absolute atomic E-state index is 0.0533. The van der Waals surface area contributed by atoms with Crippen LogP contribution in [0.15, 0.2) is 28.9 Å². The Bertz CT molecular complexity index is 289. The number of aliphatic imine (C=N–C) groups is 1. The molecule has 1 amide bonds. The van der Waals surface area contributed by atoms with Gasteiger partial charge in [-0.05, 0) is 12.3 Å².